The van der Waals surface area contributed by atoms with Crippen molar-refractivity contribution in [2.24, 2.45) is 0 Å². The lowest BCUT2D eigenvalue weighted by Gasteiger charge is -2.18. The van der Waals surface area contributed by atoms with Crippen LogP contribution in [0.5, 0.6) is 11.5 Å². The van der Waals surface area contributed by atoms with E-state index in [1.165, 1.54) is 29.1 Å². The molecule has 1 aromatic heterocycles. The Morgan fingerprint density at radius 2 is 1.77 bits per heavy atom. The van der Waals surface area contributed by atoms with Crippen LogP contribution in [-0.4, -0.2) is 45.5 Å². The fourth-order valence-corrected chi connectivity index (χ4v) is 3.61. The molecule has 1 atom stereocenters. The maximum atomic E-state index is 12.3. The third-order valence-electron chi connectivity index (χ3n) is 4.53. The molecule has 31 heavy (non-hydrogen) atoms. The van der Waals surface area contributed by atoms with Crippen LogP contribution in [0.25, 0.3) is 0 Å². The van der Waals surface area contributed by atoms with Gasteiger partial charge in [0.05, 0.1) is 5.75 Å². The Labute approximate surface area is 183 Å². The minimum absolute atomic E-state index is 0.128. The van der Waals surface area contributed by atoms with E-state index in [1.54, 1.807) is 31.2 Å². The summed E-state index contributed by atoms with van der Waals surface area (Å²) in [5.41, 5.74) is 1.27. The normalized spacial score (nSPS) is 13.3. The number of carbonyl (C=O) groups excluding carboxylic acids is 2. The number of hydrogen-bond donors (Lipinski definition) is 2. The van der Waals surface area contributed by atoms with Gasteiger partial charge in [0.15, 0.2) is 11.5 Å². The lowest BCUT2D eigenvalue weighted by Crippen LogP contribution is -2.24. The van der Waals surface area contributed by atoms with Gasteiger partial charge in [0, 0.05) is 16.3 Å². The number of thioether (sulfide) groups is 1. The van der Waals surface area contributed by atoms with Gasteiger partial charge in [-0.25, -0.2) is 9.67 Å². The SMILES string of the molecule is C[C@H](C(=O)Nc1ccc(NC(=O)CSc2ccc3c(c2)OCCO3)cc1)n1cncn1. The average molecular weight is 439 g/mol. The van der Waals surface area contributed by atoms with Crippen molar-refractivity contribution >= 4 is 35.0 Å². The summed E-state index contributed by atoms with van der Waals surface area (Å²) in [5.74, 6) is 1.35. The van der Waals surface area contributed by atoms with Crippen LogP contribution < -0.4 is 20.1 Å². The molecule has 4 rings (SSSR count). The molecule has 0 saturated carbocycles. The van der Waals surface area contributed by atoms with E-state index in [2.05, 4.69) is 20.7 Å². The standard InChI is InChI=1S/C21H21N5O4S/c1-14(26-13-22-12-23-26)21(28)25-16-4-2-15(3-5-16)24-20(27)11-31-17-6-7-18-19(10-17)30-9-8-29-18/h2-7,10,12-14H,8-9,11H2,1H3,(H,24,27)(H,25,28)/t14-/m1/s1. The largest absolute Gasteiger partial charge is 0.486 e. The number of carbonyl (C=O) groups is 2. The van der Waals surface area contributed by atoms with Crippen molar-refractivity contribution in [2.75, 3.05) is 29.6 Å². The number of nitrogens with one attached hydrogen (secondary N) is 2. The molecule has 9 nitrogen and oxygen atoms in total. The van der Waals surface area contributed by atoms with E-state index in [1.807, 2.05) is 18.2 Å². The zero-order valence-corrected chi connectivity index (χ0v) is 17.6. The molecule has 0 saturated heterocycles. The van der Waals surface area contributed by atoms with Gasteiger partial charge in [-0.15, -0.1) is 11.8 Å². The number of fused-ring (bicyclic) bond motifs is 1. The minimum atomic E-state index is -0.487. The van der Waals surface area contributed by atoms with Gasteiger partial charge in [0.2, 0.25) is 11.8 Å². The number of nitrogens with zero attached hydrogens (tertiary/aromatic N) is 3. The lowest BCUT2D eigenvalue weighted by atomic mass is 10.2. The summed E-state index contributed by atoms with van der Waals surface area (Å²) in [6.45, 7) is 2.81. The second-order valence-corrected chi connectivity index (χ2v) is 7.81. The summed E-state index contributed by atoms with van der Waals surface area (Å²) in [7, 11) is 0. The van der Waals surface area contributed by atoms with Crippen molar-refractivity contribution < 1.29 is 19.1 Å². The monoisotopic (exact) mass is 439 g/mol. The number of amides is 2. The molecule has 1 aliphatic heterocycles. The molecule has 0 bridgehead atoms. The third-order valence-corrected chi connectivity index (χ3v) is 5.53. The molecule has 0 fully saturated rings. The molecule has 1 aliphatic rings. The summed E-state index contributed by atoms with van der Waals surface area (Å²) in [4.78, 5) is 29.4. The molecule has 2 heterocycles. The average Bonchev–Trinajstić information content (AvgIpc) is 3.33. The lowest BCUT2D eigenvalue weighted by molar-refractivity contribution is -0.119. The summed E-state index contributed by atoms with van der Waals surface area (Å²) < 4.78 is 12.5. The van der Waals surface area contributed by atoms with Crippen molar-refractivity contribution in [1.29, 1.82) is 0 Å². The van der Waals surface area contributed by atoms with E-state index in [0.717, 1.165) is 10.6 Å². The van der Waals surface area contributed by atoms with Gasteiger partial charge in [-0.2, -0.15) is 5.10 Å². The van der Waals surface area contributed by atoms with Crippen LogP contribution in [-0.2, 0) is 9.59 Å². The fraction of sp³-hybridized carbons (Fsp3) is 0.238. The molecule has 0 spiro atoms. The minimum Gasteiger partial charge on any atom is -0.486 e. The van der Waals surface area contributed by atoms with Crippen LogP contribution in [0, 0.1) is 0 Å². The molecule has 0 aliphatic carbocycles. The summed E-state index contributed by atoms with van der Waals surface area (Å²) in [6, 6.07) is 12.1. The number of benzene rings is 2. The van der Waals surface area contributed by atoms with Gasteiger partial charge in [0.1, 0.15) is 31.9 Å². The van der Waals surface area contributed by atoms with Crippen LogP contribution in [0.15, 0.2) is 60.0 Å². The second kappa shape index (κ2) is 9.52. The van der Waals surface area contributed by atoms with Gasteiger partial charge in [-0.05, 0) is 49.4 Å². The Morgan fingerprint density at radius 1 is 1.06 bits per heavy atom. The second-order valence-electron chi connectivity index (χ2n) is 6.76. The van der Waals surface area contributed by atoms with Crippen LogP contribution in [0.1, 0.15) is 13.0 Å². The highest BCUT2D eigenvalue weighted by atomic mass is 32.2. The Kier molecular flexibility index (Phi) is 6.37. The van der Waals surface area contributed by atoms with Gasteiger partial charge in [-0.3, -0.25) is 9.59 Å². The zero-order valence-electron chi connectivity index (χ0n) is 16.8. The molecule has 2 amide bonds. The molecule has 3 aromatic rings. The Morgan fingerprint density at radius 3 is 2.48 bits per heavy atom. The van der Waals surface area contributed by atoms with Crippen molar-refractivity contribution in [2.45, 2.75) is 17.9 Å². The number of aromatic nitrogens is 3. The first-order valence-electron chi connectivity index (χ1n) is 9.66. The van der Waals surface area contributed by atoms with Crippen LogP contribution in [0.4, 0.5) is 11.4 Å². The number of anilines is 2. The Bertz CT molecular complexity index is 1060. The van der Waals surface area contributed by atoms with E-state index < -0.39 is 6.04 Å². The molecular formula is C21H21N5O4S. The fourth-order valence-electron chi connectivity index (χ4n) is 2.88. The van der Waals surface area contributed by atoms with Crippen LogP contribution in [0.2, 0.25) is 0 Å². The molecule has 0 radical (unpaired) electrons. The Hall–Kier alpha value is -3.53. The van der Waals surface area contributed by atoms with E-state index in [-0.39, 0.29) is 17.6 Å². The zero-order chi connectivity index (χ0) is 21.6. The smallest absolute Gasteiger partial charge is 0.249 e. The highest BCUT2D eigenvalue weighted by molar-refractivity contribution is 8.00. The number of hydrogen-bond acceptors (Lipinski definition) is 7. The van der Waals surface area contributed by atoms with E-state index in [9.17, 15) is 9.59 Å². The molecule has 10 heteroatoms. The first kappa shape index (κ1) is 20.7. The quantitative estimate of drug-likeness (QED) is 0.545. The van der Waals surface area contributed by atoms with Crippen molar-refractivity contribution in [3.8, 4) is 11.5 Å². The Balaban J connectivity index is 1.26. The first-order valence-corrected chi connectivity index (χ1v) is 10.6. The van der Waals surface area contributed by atoms with E-state index >= 15 is 0 Å². The van der Waals surface area contributed by atoms with Crippen LogP contribution in [0.3, 0.4) is 0 Å². The number of ether oxygens (including phenoxy) is 2. The highest BCUT2D eigenvalue weighted by Gasteiger charge is 2.16. The predicted molar refractivity (Wildman–Crippen MR) is 117 cm³/mol. The van der Waals surface area contributed by atoms with E-state index in [0.29, 0.717) is 30.3 Å². The number of rotatable bonds is 7. The van der Waals surface area contributed by atoms with Gasteiger partial charge >= 0.3 is 0 Å². The van der Waals surface area contributed by atoms with E-state index in [4.69, 9.17) is 9.47 Å². The summed E-state index contributed by atoms with van der Waals surface area (Å²) in [5, 5.41) is 9.63. The topological polar surface area (TPSA) is 107 Å². The molecular weight excluding hydrogens is 418 g/mol. The highest BCUT2D eigenvalue weighted by Crippen LogP contribution is 2.34. The summed E-state index contributed by atoms with van der Waals surface area (Å²) >= 11 is 1.42. The van der Waals surface area contributed by atoms with Crippen molar-refractivity contribution in [3.63, 3.8) is 0 Å². The van der Waals surface area contributed by atoms with Gasteiger partial charge < -0.3 is 20.1 Å². The summed E-state index contributed by atoms with van der Waals surface area (Å²) in [6.07, 6.45) is 2.87. The van der Waals surface area contributed by atoms with Crippen LogP contribution >= 0.6 is 11.8 Å². The molecule has 2 N–H and O–H groups in total. The maximum Gasteiger partial charge on any atom is 0.249 e. The third kappa shape index (κ3) is 5.34. The molecule has 2 aromatic carbocycles. The van der Waals surface area contributed by atoms with Crippen molar-refractivity contribution in [3.05, 3.63) is 55.1 Å². The molecule has 0 unspecified atom stereocenters. The molecule has 160 valence electrons. The van der Waals surface area contributed by atoms with Gasteiger partial charge in [0.25, 0.3) is 0 Å². The first-order chi connectivity index (χ1) is 15.1. The van der Waals surface area contributed by atoms with Crippen molar-refractivity contribution in [1.82, 2.24) is 14.8 Å². The maximum absolute atomic E-state index is 12.3. The van der Waals surface area contributed by atoms with Gasteiger partial charge in [-0.1, -0.05) is 0 Å². The predicted octanol–water partition coefficient (Wildman–Crippen LogP) is 2.98.